The van der Waals surface area contributed by atoms with Gasteiger partial charge in [0.2, 0.25) is 0 Å². The van der Waals surface area contributed by atoms with Gasteiger partial charge in [-0.1, -0.05) is 67.2 Å². The Morgan fingerprint density at radius 1 is 0.800 bits per heavy atom. The van der Waals surface area contributed by atoms with Crippen molar-refractivity contribution in [2.24, 2.45) is 0 Å². The summed E-state index contributed by atoms with van der Waals surface area (Å²) in [5.74, 6) is 0. The van der Waals surface area contributed by atoms with Gasteiger partial charge in [-0.3, -0.25) is 0 Å². The van der Waals surface area contributed by atoms with Crippen LogP contribution in [0.1, 0.15) is 5.56 Å². The molecule has 1 heterocycles. The summed E-state index contributed by atoms with van der Waals surface area (Å²) in [6, 6.07) is 25.2. The minimum atomic E-state index is 0.992. The van der Waals surface area contributed by atoms with Gasteiger partial charge in [-0.2, -0.15) is 0 Å². The summed E-state index contributed by atoms with van der Waals surface area (Å²) in [7, 11) is 0. The van der Waals surface area contributed by atoms with Crippen LogP contribution in [0, 0.1) is 0 Å². The maximum atomic E-state index is 3.73. The Kier molecular flexibility index (Phi) is 3.51. The first kappa shape index (κ1) is 12.5. The molecule has 0 saturated carbocycles. The maximum absolute atomic E-state index is 3.73. The molecule has 0 amide bonds. The Morgan fingerprint density at radius 2 is 1.40 bits per heavy atom. The predicted octanol–water partition coefficient (Wildman–Crippen LogP) is 4.99. The molecule has 0 fully saturated rings. The van der Waals surface area contributed by atoms with Crippen LogP contribution in [0.3, 0.4) is 0 Å². The largest absolute Gasteiger partial charge is 0.344 e. The number of anilines is 1. The lowest BCUT2D eigenvalue weighted by molar-refractivity contribution is 1.03. The van der Waals surface area contributed by atoms with Crippen LogP contribution in [0.15, 0.2) is 85.6 Å². The van der Waals surface area contributed by atoms with Gasteiger partial charge in [-0.15, -0.1) is 0 Å². The predicted molar refractivity (Wildman–Crippen MR) is 86.8 cm³/mol. The molecule has 2 bridgehead atoms. The van der Waals surface area contributed by atoms with E-state index in [9.17, 15) is 0 Å². The summed E-state index contributed by atoms with van der Waals surface area (Å²) in [6.45, 7) is 4.72. The highest BCUT2D eigenvalue weighted by molar-refractivity contribution is 5.82. The van der Waals surface area contributed by atoms with Crippen molar-refractivity contribution < 1.29 is 0 Å². The molecule has 3 aromatic carbocycles. The highest BCUT2D eigenvalue weighted by Crippen LogP contribution is 2.25. The van der Waals surface area contributed by atoms with Gasteiger partial charge in [-0.25, -0.2) is 0 Å². The van der Waals surface area contributed by atoms with E-state index in [1.165, 1.54) is 22.0 Å². The number of benzene rings is 3. The average molecular weight is 259 g/mol. The molecule has 98 valence electrons. The summed E-state index contributed by atoms with van der Waals surface area (Å²) < 4.78 is 0. The van der Waals surface area contributed by atoms with Crippen LogP contribution < -0.4 is 4.90 Å². The minimum Gasteiger partial charge on any atom is -0.344 e. The maximum Gasteiger partial charge on any atom is 0.0476 e. The smallest absolute Gasteiger partial charge is 0.0476 e. The summed E-state index contributed by atoms with van der Waals surface area (Å²) in [4.78, 5) is 2.13. The van der Waals surface area contributed by atoms with Crippen LogP contribution in [0.4, 0.5) is 5.69 Å². The lowest BCUT2D eigenvalue weighted by Crippen LogP contribution is -2.07. The van der Waals surface area contributed by atoms with Crippen molar-refractivity contribution in [1.29, 1.82) is 0 Å². The van der Waals surface area contributed by atoms with Crippen molar-refractivity contribution in [1.82, 2.24) is 0 Å². The van der Waals surface area contributed by atoms with Crippen molar-refractivity contribution in [3.05, 3.63) is 91.1 Å². The SMILES string of the molecule is C=CN1Cc2cccc1c2.c1ccc2ccccc2c1. The molecule has 1 aliphatic heterocycles. The molecule has 0 saturated heterocycles. The zero-order valence-electron chi connectivity index (χ0n) is 11.4. The Balaban J connectivity index is 0.000000121. The van der Waals surface area contributed by atoms with Crippen LogP contribution in [0.25, 0.3) is 10.8 Å². The van der Waals surface area contributed by atoms with Crippen molar-refractivity contribution in [3.63, 3.8) is 0 Å². The molecule has 3 aromatic rings. The fourth-order valence-corrected chi connectivity index (χ4v) is 2.42. The molecule has 1 aliphatic rings. The number of fused-ring (bicyclic) bond motifs is 3. The van der Waals surface area contributed by atoms with Crippen LogP contribution in [-0.4, -0.2) is 0 Å². The first-order valence-electron chi connectivity index (χ1n) is 6.79. The van der Waals surface area contributed by atoms with E-state index in [4.69, 9.17) is 0 Å². The topological polar surface area (TPSA) is 3.24 Å². The van der Waals surface area contributed by atoms with Gasteiger partial charge in [0.1, 0.15) is 0 Å². The molecule has 1 nitrogen and oxygen atoms in total. The summed E-state index contributed by atoms with van der Waals surface area (Å²) >= 11 is 0. The Bertz CT molecular complexity index is 665. The zero-order valence-corrected chi connectivity index (χ0v) is 11.4. The van der Waals surface area contributed by atoms with E-state index in [1.807, 2.05) is 6.20 Å². The third-order valence-electron chi connectivity index (χ3n) is 3.47. The van der Waals surface area contributed by atoms with Gasteiger partial charge >= 0.3 is 0 Å². The van der Waals surface area contributed by atoms with Crippen molar-refractivity contribution in [3.8, 4) is 0 Å². The van der Waals surface area contributed by atoms with Gasteiger partial charge in [0.05, 0.1) is 0 Å². The zero-order chi connectivity index (χ0) is 13.8. The normalized spacial score (nSPS) is 11.9. The van der Waals surface area contributed by atoms with E-state index in [2.05, 4.69) is 84.3 Å². The summed E-state index contributed by atoms with van der Waals surface area (Å²) in [5, 5.41) is 2.62. The highest BCUT2D eigenvalue weighted by atomic mass is 15.1. The number of hydrogen-bond acceptors (Lipinski definition) is 1. The van der Waals surface area contributed by atoms with E-state index < -0.39 is 0 Å². The fraction of sp³-hybridized carbons (Fsp3) is 0.0526. The molecule has 0 spiro atoms. The molecule has 4 rings (SSSR count). The van der Waals surface area contributed by atoms with Crippen molar-refractivity contribution >= 4 is 16.5 Å². The van der Waals surface area contributed by atoms with E-state index in [1.54, 1.807) is 0 Å². The van der Waals surface area contributed by atoms with Crippen LogP contribution in [0.2, 0.25) is 0 Å². The Hall–Kier alpha value is -2.54. The van der Waals surface area contributed by atoms with Crippen LogP contribution in [0.5, 0.6) is 0 Å². The second kappa shape index (κ2) is 5.62. The van der Waals surface area contributed by atoms with Crippen molar-refractivity contribution in [2.75, 3.05) is 4.90 Å². The van der Waals surface area contributed by atoms with E-state index in [-0.39, 0.29) is 0 Å². The highest BCUT2D eigenvalue weighted by Gasteiger charge is 2.10. The molecule has 0 radical (unpaired) electrons. The third kappa shape index (κ3) is 2.57. The fourth-order valence-electron chi connectivity index (χ4n) is 2.42. The van der Waals surface area contributed by atoms with Gasteiger partial charge in [0.25, 0.3) is 0 Å². The molecular weight excluding hydrogens is 242 g/mol. The lowest BCUT2D eigenvalue weighted by Gasteiger charge is -2.10. The minimum absolute atomic E-state index is 0.992. The van der Waals surface area contributed by atoms with E-state index in [0.717, 1.165) is 6.54 Å². The summed E-state index contributed by atoms with van der Waals surface area (Å²) in [5.41, 5.74) is 2.63. The molecule has 0 unspecified atom stereocenters. The van der Waals surface area contributed by atoms with Crippen molar-refractivity contribution in [2.45, 2.75) is 6.54 Å². The first-order chi connectivity index (χ1) is 9.86. The molecule has 0 aliphatic carbocycles. The first-order valence-corrected chi connectivity index (χ1v) is 6.79. The molecule has 20 heavy (non-hydrogen) atoms. The Labute approximate surface area is 119 Å². The number of nitrogens with zero attached hydrogens (tertiary/aromatic N) is 1. The molecule has 0 N–H and O–H groups in total. The Morgan fingerprint density at radius 3 is 1.90 bits per heavy atom. The van der Waals surface area contributed by atoms with Gasteiger partial charge in [0.15, 0.2) is 0 Å². The average Bonchev–Trinajstić information content (AvgIpc) is 2.81. The lowest BCUT2D eigenvalue weighted by atomic mass is 10.1. The quantitative estimate of drug-likeness (QED) is 0.595. The van der Waals surface area contributed by atoms with Crippen LogP contribution >= 0.6 is 0 Å². The molecule has 0 aromatic heterocycles. The summed E-state index contributed by atoms with van der Waals surface area (Å²) in [6.07, 6.45) is 1.86. The number of rotatable bonds is 1. The molecular formula is C19H17N. The molecule has 0 atom stereocenters. The number of hydrogen-bond donors (Lipinski definition) is 0. The van der Waals surface area contributed by atoms with E-state index >= 15 is 0 Å². The third-order valence-corrected chi connectivity index (χ3v) is 3.47. The van der Waals surface area contributed by atoms with E-state index in [0.29, 0.717) is 0 Å². The monoisotopic (exact) mass is 259 g/mol. The second-order valence-corrected chi connectivity index (χ2v) is 4.83. The van der Waals surface area contributed by atoms with Gasteiger partial charge < -0.3 is 4.90 Å². The molecule has 1 heteroatoms. The van der Waals surface area contributed by atoms with Crippen LogP contribution in [-0.2, 0) is 6.54 Å². The standard InChI is InChI=1S/C10H8.C9H9N/c1-2-6-10-8-4-3-7-9(10)5-1;1-2-10-7-8-4-3-5-9(10)6-8/h1-8H;2-6H,1,7H2. The van der Waals surface area contributed by atoms with Gasteiger partial charge in [0, 0.05) is 12.2 Å². The second-order valence-electron chi connectivity index (χ2n) is 4.83. The van der Waals surface area contributed by atoms with Gasteiger partial charge in [-0.05, 0) is 34.7 Å².